The molecule has 7 nitrogen and oxygen atoms in total. The maximum atomic E-state index is 14.0. The van der Waals surface area contributed by atoms with Crippen molar-refractivity contribution in [3.05, 3.63) is 29.1 Å². The van der Waals surface area contributed by atoms with Gasteiger partial charge >= 0.3 is 0 Å². The summed E-state index contributed by atoms with van der Waals surface area (Å²) >= 11 is 0. The van der Waals surface area contributed by atoms with E-state index in [-0.39, 0.29) is 36.3 Å². The maximum absolute atomic E-state index is 14.0. The van der Waals surface area contributed by atoms with Crippen molar-refractivity contribution >= 4 is 23.6 Å². The lowest BCUT2D eigenvalue weighted by Gasteiger charge is -2.27. The second-order valence-electron chi connectivity index (χ2n) is 5.62. The number of rotatable bonds is 4. The van der Waals surface area contributed by atoms with Crippen molar-refractivity contribution in [2.24, 2.45) is 0 Å². The van der Waals surface area contributed by atoms with Crippen LogP contribution in [0.15, 0.2) is 12.1 Å². The molecule has 1 unspecified atom stereocenters. The van der Waals surface area contributed by atoms with Gasteiger partial charge in [0.15, 0.2) is 11.6 Å². The number of halogens is 1. The molecule has 3 rings (SSSR count). The number of nitrogens with zero attached hydrogens (tertiary/aromatic N) is 1. The Morgan fingerprint density at radius 2 is 1.88 bits per heavy atom. The standard InChI is InChI=1S/C16H15FN2O5/c1-2-5-24-12-7-9-8(6-10(12)17)15(22)19(16(9)23)11-3-4-13(20)18-14(11)21/h6-7,11H,2-5H2,1H3,(H,18,20,21). The van der Waals surface area contributed by atoms with Gasteiger partial charge in [-0.05, 0) is 25.0 Å². The van der Waals surface area contributed by atoms with E-state index in [1.54, 1.807) is 0 Å². The Kier molecular flexibility index (Phi) is 4.04. The molecule has 0 bridgehead atoms. The lowest BCUT2D eigenvalue weighted by molar-refractivity contribution is -0.136. The van der Waals surface area contributed by atoms with E-state index in [4.69, 9.17) is 4.74 Å². The fraction of sp³-hybridized carbons (Fsp3) is 0.375. The Balaban J connectivity index is 1.93. The van der Waals surface area contributed by atoms with Gasteiger partial charge in [-0.25, -0.2) is 4.39 Å². The number of fused-ring (bicyclic) bond motifs is 1. The number of ether oxygens (including phenoxy) is 1. The minimum atomic E-state index is -1.07. The minimum Gasteiger partial charge on any atom is -0.491 e. The zero-order valence-corrected chi connectivity index (χ0v) is 12.9. The van der Waals surface area contributed by atoms with Crippen molar-refractivity contribution in [3.63, 3.8) is 0 Å². The SMILES string of the molecule is CCCOc1cc2c(cc1F)C(=O)N(C1CCC(=O)NC1=O)C2=O. The molecule has 1 N–H and O–H groups in total. The molecule has 1 aromatic carbocycles. The Morgan fingerprint density at radius 1 is 1.21 bits per heavy atom. The summed E-state index contributed by atoms with van der Waals surface area (Å²) in [7, 11) is 0. The molecule has 2 aliphatic heterocycles. The maximum Gasteiger partial charge on any atom is 0.262 e. The highest BCUT2D eigenvalue weighted by atomic mass is 19.1. The molecule has 126 valence electrons. The molecule has 2 heterocycles. The van der Waals surface area contributed by atoms with Crippen LogP contribution in [0.2, 0.25) is 0 Å². The Bertz CT molecular complexity index is 761. The molecule has 0 spiro atoms. The first-order valence-electron chi connectivity index (χ1n) is 7.62. The van der Waals surface area contributed by atoms with Crippen molar-refractivity contribution in [1.82, 2.24) is 10.2 Å². The van der Waals surface area contributed by atoms with Gasteiger partial charge in [-0.3, -0.25) is 29.4 Å². The van der Waals surface area contributed by atoms with Crippen LogP contribution < -0.4 is 10.1 Å². The Hall–Kier alpha value is -2.77. The normalized spacial score (nSPS) is 20.2. The van der Waals surface area contributed by atoms with Gasteiger partial charge in [0.05, 0.1) is 17.7 Å². The molecule has 8 heteroatoms. The number of carbonyl (C=O) groups is 4. The van der Waals surface area contributed by atoms with Crippen molar-refractivity contribution in [2.75, 3.05) is 6.61 Å². The molecule has 0 saturated carbocycles. The molecular weight excluding hydrogens is 319 g/mol. The largest absolute Gasteiger partial charge is 0.491 e. The topological polar surface area (TPSA) is 92.8 Å². The molecular formula is C16H15FN2O5. The number of benzene rings is 1. The van der Waals surface area contributed by atoms with Crippen LogP contribution in [0.5, 0.6) is 5.75 Å². The summed E-state index contributed by atoms with van der Waals surface area (Å²) in [6.07, 6.45) is 0.743. The van der Waals surface area contributed by atoms with Crippen LogP contribution >= 0.6 is 0 Å². The van der Waals surface area contributed by atoms with E-state index in [0.717, 1.165) is 11.0 Å². The van der Waals surface area contributed by atoms with Gasteiger partial charge in [-0.1, -0.05) is 6.92 Å². The third kappa shape index (κ3) is 2.53. The molecule has 4 amide bonds. The highest BCUT2D eigenvalue weighted by Crippen LogP contribution is 2.32. The monoisotopic (exact) mass is 334 g/mol. The first-order chi connectivity index (χ1) is 11.4. The lowest BCUT2D eigenvalue weighted by Crippen LogP contribution is -2.54. The lowest BCUT2D eigenvalue weighted by atomic mass is 10.0. The number of carbonyl (C=O) groups excluding carboxylic acids is 4. The van der Waals surface area contributed by atoms with Crippen molar-refractivity contribution < 1.29 is 28.3 Å². The molecule has 0 radical (unpaired) electrons. The van der Waals surface area contributed by atoms with E-state index in [2.05, 4.69) is 5.32 Å². The number of hydrogen-bond acceptors (Lipinski definition) is 5. The third-order valence-electron chi connectivity index (χ3n) is 3.95. The van der Waals surface area contributed by atoms with Gasteiger partial charge in [0.1, 0.15) is 6.04 Å². The summed E-state index contributed by atoms with van der Waals surface area (Å²) in [5, 5.41) is 2.10. The van der Waals surface area contributed by atoms with Crippen LogP contribution in [-0.4, -0.2) is 41.2 Å². The number of imide groups is 2. The summed E-state index contributed by atoms with van der Waals surface area (Å²) < 4.78 is 19.3. The smallest absolute Gasteiger partial charge is 0.262 e. The van der Waals surface area contributed by atoms with Crippen LogP contribution in [0.25, 0.3) is 0 Å². The number of piperidine rings is 1. The van der Waals surface area contributed by atoms with Gasteiger partial charge in [0.25, 0.3) is 11.8 Å². The van der Waals surface area contributed by atoms with Gasteiger partial charge < -0.3 is 4.74 Å². The molecule has 1 atom stereocenters. The van der Waals surface area contributed by atoms with Crippen molar-refractivity contribution in [2.45, 2.75) is 32.2 Å². The zero-order valence-electron chi connectivity index (χ0n) is 12.9. The molecule has 24 heavy (non-hydrogen) atoms. The van der Waals surface area contributed by atoms with E-state index in [1.165, 1.54) is 6.07 Å². The van der Waals surface area contributed by atoms with Gasteiger partial charge in [0.2, 0.25) is 11.8 Å². The van der Waals surface area contributed by atoms with Crippen LogP contribution in [0, 0.1) is 5.82 Å². The third-order valence-corrected chi connectivity index (χ3v) is 3.95. The number of amides is 4. The predicted molar refractivity (Wildman–Crippen MR) is 78.9 cm³/mol. The van der Waals surface area contributed by atoms with E-state index < -0.39 is 35.5 Å². The average molecular weight is 334 g/mol. The number of nitrogens with one attached hydrogen (secondary N) is 1. The summed E-state index contributed by atoms with van der Waals surface area (Å²) in [6, 6.07) is 1.07. The Labute approximate surface area is 136 Å². The molecule has 1 aromatic rings. The van der Waals surface area contributed by atoms with Crippen LogP contribution in [0.3, 0.4) is 0 Å². The van der Waals surface area contributed by atoms with Crippen LogP contribution in [-0.2, 0) is 9.59 Å². The highest BCUT2D eigenvalue weighted by molar-refractivity contribution is 6.23. The molecule has 1 saturated heterocycles. The molecule has 1 fully saturated rings. The zero-order chi connectivity index (χ0) is 17.4. The van der Waals surface area contributed by atoms with E-state index in [1.807, 2.05) is 6.92 Å². The molecule has 2 aliphatic rings. The average Bonchev–Trinajstić information content (AvgIpc) is 2.77. The molecule has 0 aliphatic carbocycles. The fourth-order valence-corrected chi connectivity index (χ4v) is 2.79. The summed E-state index contributed by atoms with van der Waals surface area (Å²) in [4.78, 5) is 48.9. The van der Waals surface area contributed by atoms with Crippen LogP contribution in [0.4, 0.5) is 4.39 Å². The summed E-state index contributed by atoms with van der Waals surface area (Å²) in [6.45, 7) is 2.12. The van der Waals surface area contributed by atoms with Crippen LogP contribution in [0.1, 0.15) is 46.9 Å². The minimum absolute atomic E-state index is 0.00259. The predicted octanol–water partition coefficient (Wildman–Crippen LogP) is 1.02. The fourth-order valence-electron chi connectivity index (χ4n) is 2.79. The van der Waals surface area contributed by atoms with Crippen molar-refractivity contribution in [1.29, 1.82) is 0 Å². The number of hydrogen-bond donors (Lipinski definition) is 1. The van der Waals surface area contributed by atoms with Gasteiger partial charge in [-0.2, -0.15) is 0 Å². The van der Waals surface area contributed by atoms with Gasteiger partial charge in [-0.15, -0.1) is 0 Å². The van der Waals surface area contributed by atoms with E-state index in [9.17, 15) is 23.6 Å². The summed E-state index contributed by atoms with van der Waals surface area (Å²) in [5.41, 5.74) is -0.108. The Morgan fingerprint density at radius 3 is 2.50 bits per heavy atom. The first kappa shape index (κ1) is 16.1. The quantitative estimate of drug-likeness (QED) is 0.830. The molecule has 0 aromatic heterocycles. The second kappa shape index (κ2) is 6.03. The van der Waals surface area contributed by atoms with Crippen molar-refractivity contribution in [3.8, 4) is 5.75 Å². The van der Waals surface area contributed by atoms with Gasteiger partial charge in [0, 0.05) is 6.42 Å². The van der Waals surface area contributed by atoms with E-state index in [0.29, 0.717) is 6.42 Å². The summed E-state index contributed by atoms with van der Waals surface area (Å²) in [5.74, 6) is -3.44. The second-order valence-corrected chi connectivity index (χ2v) is 5.62. The van der Waals surface area contributed by atoms with E-state index >= 15 is 0 Å². The first-order valence-corrected chi connectivity index (χ1v) is 7.62. The highest BCUT2D eigenvalue weighted by Gasteiger charge is 2.45.